The van der Waals surface area contributed by atoms with E-state index in [-0.39, 0.29) is 18.4 Å². The van der Waals surface area contributed by atoms with E-state index in [0.717, 1.165) is 16.3 Å². The average molecular weight is 425 g/mol. The predicted molar refractivity (Wildman–Crippen MR) is 113 cm³/mol. The fourth-order valence-corrected chi connectivity index (χ4v) is 6.64. The number of rotatable bonds is 6. The number of piperidine rings is 1. The van der Waals surface area contributed by atoms with Gasteiger partial charge in [-0.15, -0.1) is 11.3 Å². The lowest BCUT2D eigenvalue weighted by Crippen LogP contribution is -2.43. The molecule has 27 heavy (non-hydrogen) atoms. The number of nitrogens with one attached hydrogen (secondary N) is 1. The highest BCUT2D eigenvalue weighted by molar-refractivity contribution is 7.97. The summed E-state index contributed by atoms with van der Waals surface area (Å²) in [5, 5.41) is 2.93. The number of thiophene rings is 1. The minimum atomic E-state index is -3.52. The molecule has 2 aromatic rings. The summed E-state index contributed by atoms with van der Waals surface area (Å²) >= 11 is 3.02. The van der Waals surface area contributed by atoms with Crippen LogP contribution < -0.4 is 5.32 Å². The molecule has 1 atom stereocenters. The summed E-state index contributed by atoms with van der Waals surface area (Å²) in [6, 6.07) is 11.3. The van der Waals surface area contributed by atoms with Gasteiger partial charge in [-0.3, -0.25) is 4.79 Å². The number of sulfonamides is 1. The Bertz CT molecular complexity index is 891. The molecule has 0 radical (unpaired) electrons. The highest BCUT2D eigenvalue weighted by Crippen LogP contribution is 2.28. The van der Waals surface area contributed by atoms with Crippen molar-refractivity contribution in [2.45, 2.75) is 29.7 Å². The van der Waals surface area contributed by atoms with Crippen LogP contribution >= 0.6 is 23.1 Å². The molecule has 2 heterocycles. The highest BCUT2D eigenvalue weighted by Gasteiger charge is 2.34. The van der Waals surface area contributed by atoms with Gasteiger partial charge in [0.15, 0.2) is 0 Å². The molecule has 3 rings (SSSR count). The van der Waals surface area contributed by atoms with Crippen LogP contribution in [0.5, 0.6) is 0 Å². The number of hydrogen-bond acceptors (Lipinski definition) is 5. The van der Waals surface area contributed by atoms with Crippen molar-refractivity contribution in [1.82, 2.24) is 4.31 Å². The van der Waals surface area contributed by atoms with Crippen LogP contribution in [0.2, 0.25) is 0 Å². The van der Waals surface area contributed by atoms with Crippen LogP contribution in [0, 0.1) is 12.8 Å². The van der Waals surface area contributed by atoms with Crippen molar-refractivity contribution in [3.8, 4) is 0 Å². The van der Waals surface area contributed by atoms with E-state index in [2.05, 4.69) is 11.6 Å². The molecule has 146 valence electrons. The summed E-state index contributed by atoms with van der Waals surface area (Å²) in [6.45, 7) is 2.59. The first kappa shape index (κ1) is 20.4. The number of aryl methyl sites for hydroxylation is 1. The zero-order chi connectivity index (χ0) is 19.4. The summed E-state index contributed by atoms with van der Waals surface area (Å²) in [5.74, 6) is 0.488. The van der Waals surface area contributed by atoms with Crippen LogP contribution in [0.3, 0.4) is 0 Å². The standard InChI is InChI=1S/C19H24N2O3S3/c1-14-5-10-18(26-14)27(23,24)21-11-3-4-16(12-21)19(22)20-17-8-6-15(7-9-17)13-25-2/h5-10,16H,3-4,11-13H2,1-2H3,(H,20,22). The molecule has 1 N–H and O–H groups in total. The molecule has 8 heteroatoms. The van der Waals surface area contributed by atoms with Crippen molar-refractivity contribution in [2.24, 2.45) is 5.92 Å². The maximum atomic E-state index is 12.8. The second-order valence-electron chi connectivity index (χ2n) is 6.69. The van der Waals surface area contributed by atoms with Gasteiger partial charge in [-0.1, -0.05) is 12.1 Å². The van der Waals surface area contributed by atoms with Crippen LogP contribution in [0.25, 0.3) is 0 Å². The van der Waals surface area contributed by atoms with Crippen molar-refractivity contribution in [2.75, 3.05) is 24.7 Å². The third kappa shape index (κ3) is 4.93. The molecule has 1 aliphatic heterocycles. The quantitative estimate of drug-likeness (QED) is 0.762. The lowest BCUT2D eigenvalue weighted by Gasteiger charge is -2.30. The Hall–Kier alpha value is -1.35. The first-order valence-electron chi connectivity index (χ1n) is 8.85. The minimum absolute atomic E-state index is 0.116. The Morgan fingerprint density at radius 3 is 2.63 bits per heavy atom. The van der Waals surface area contributed by atoms with Crippen molar-refractivity contribution < 1.29 is 13.2 Å². The fraction of sp³-hybridized carbons (Fsp3) is 0.421. The first-order chi connectivity index (χ1) is 12.9. The molecule has 0 bridgehead atoms. The van der Waals surface area contributed by atoms with Crippen molar-refractivity contribution in [1.29, 1.82) is 0 Å². The van der Waals surface area contributed by atoms with Crippen molar-refractivity contribution in [3.05, 3.63) is 46.8 Å². The molecule has 1 saturated heterocycles. The summed E-state index contributed by atoms with van der Waals surface area (Å²) in [5.41, 5.74) is 1.96. The van der Waals surface area contributed by atoms with Crippen LogP contribution in [-0.2, 0) is 20.6 Å². The van der Waals surface area contributed by atoms with Gasteiger partial charge in [-0.05, 0) is 55.9 Å². The van der Waals surface area contributed by atoms with E-state index in [9.17, 15) is 13.2 Å². The fourth-order valence-electron chi connectivity index (χ4n) is 3.15. The van der Waals surface area contributed by atoms with Gasteiger partial charge in [0, 0.05) is 29.4 Å². The molecule has 5 nitrogen and oxygen atoms in total. The molecule has 1 fully saturated rings. The van der Waals surface area contributed by atoms with Gasteiger partial charge in [0.25, 0.3) is 10.0 Å². The summed E-state index contributed by atoms with van der Waals surface area (Å²) in [6.07, 6.45) is 3.44. The number of benzene rings is 1. The lowest BCUT2D eigenvalue weighted by atomic mass is 9.98. The van der Waals surface area contributed by atoms with Gasteiger partial charge in [0.05, 0.1) is 5.92 Å². The number of carbonyl (C=O) groups excluding carboxylic acids is 1. The minimum Gasteiger partial charge on any atom is -0.326 e. The second-order valence-corrected chi connectivity index (χ2v) is 11.0. The monoisotopic (exact) mass is 424 g/mol. The zero-order valence-corrected chi connectivity index (χ0v) is 17.9. The lowest BCUT2D eigenvalue weighted by molar-refractivity contribution is -0.120. The Balaban J connectivity index is 1.65. The summed E-state index contributed by atoms with van der Waals surface area (Å²) in [4.78, 5) is 13.6. The molecule has 1 amide bonds. The average Bonchev–Trinajstić information content (AvgIpc) is 3.11. The molecule has 1 aromatic heterocycles. The normalized spacial score (nSPS) is 18.4. The number of nitrogens with zero attached hydrogens (tertiary/aromatic N) is 1. The smallest absolute Gasteiger partial charge is 0.252 e. The molecule has 0 saturated carbocycles. The number of hydrogen-bond donors (Lipinski definition) is 1. The molecule has 1 unspecified atom stereocenters. The molecule has 1 aromatic carbocycles. The van der Waals surface area contributed by atoms with E-state index in [4.69, 9.17) is 0 Å². The topological polar surface area (TPSA) is 66.5 Å². The first-order valence-corrected chi connectivity index (χ1v) is 12.5. The van der Waals surface area contributed by atoms with Gasteiger partial charge in [-0.25, -0.2) is 8.42 Å². The third-order valence-corrected chi connectivity index (χ3v) is 8.55. The van der Waals surface area contributed by atoms with Gasteiger partial charge in [-0.2, -0.15) is 16.1 Å². The zero-order valence-electron chi connectivity index (χ0n) is 15.5. The van der Waals surface area contributed by atoms with Crippen LogP contribution in [0.1, 0.15) is 23.3 Å². The highest BCUT2D eigenvalue weighted by atomic mass is 32.2. The maximum absolute atomic E-state index is 12.8. The Morgan fingerprint density at radius 2 is 2.00 bits per heavy atom. The Morgan fingerprint density at radius 1 is 1.26 bits per heavy atom. The van der Waals surface area contributed by atoms with Crippen LogP contribution in [0.15, 0.2) is 40.6 Å². The number of amides is 1. The molecule has 0 spiro atoms. The van der Waals surface area contributed by atoms with Crippen LogP contribution in [-0.4, -0.2) is 38.0 Å². The van der Waals surface area contributed by atoms with E-state index in [1.54, 1.807) is 17.8 Å². The Kier molecular flexibility index (Phi) is 6.62. The number of anilines is 1. The predicted octanol–water partition coefficient (Wildman–Crippen LogP) is 3.96. The van der Waals surface area contributed by atoms with Crippen LogP contribution in [0.4, 0.5) is 5.69 Å². The van der Waals surface area contributed by atoms with E-state index in [0.29, 0.717) is 23.6 Å². The Labute approximate surface area is 169 Å². The summed E-state index contributed by atoms with van der Waals surface area (Å²) < 4.78 is 27.5. The van der Waals surface area contributed by atoms with E-state index < -0.39 is 10.0 Å². The van der Waals surface area contributed by atoms with E-state index >= 15 is 0 Å². The SMILES string of the molecule is CSCc1ccc(NC(=O)C2CCCN(S(=O)(=O)c3ccc(C)s3)C2)cc1. The summed E-state index contributed by atoms with van der Waals surface area (Å²) in [7, 11) is -3.52. The van der Waals surface area contributed by atoms with Gasteiger partial charge < -0.3 is 5.32 Å². The van der Waals surface area contributed by atoms with E-state index in [1.807, 2.05) is 37.3 Å². The van der Waals surface area contributed by atoms with E-state index in [1.165, 1.54) is 21.2 Å². The van der Waals surface area contributed by atoms with Crippen molar-refractivity contribution in [3.63, 3.8) is 0 Å². The second kappa shape index (κ2) is 8.77. The molecule has 0 aliphatic carbocycles. The van der Waals surface area contributed by atoms with Crippen molar-refractivity contribution >= 4 is 44.7 Å². The molecular formula is C19H24N2O3S3. The number of thioether (sulfide) groups is 1. The third-order valence-electron chi connectivity index (χ3n) is 4.60. The van der Waals surface area contributed by atoms with Gasteiger partial charge in [0.2, 0.25) is 5.91 Å². The largest absolute Gasteiger partial charge is 0.326 e. The van der Waals surface area contributed by atoms with Gasteiger partial charge >= 0.3 is 0 Å². The number of carbonyl (C=O) groups is 1. The molecule has 1 aliphatic rings. The van der Waals surface area contributed by atoms with Gasteiger partial charge in [0.1, 0.15) is 4.21 Å². The molecular weight excluding hydrogens is 400 g/mol. The maximum Gasteiger partial charge on any atom is 0.252 e.